The van der Waals surface area contributed by atoms with Crippen LogP contribution in [0.1, 0.15) is 31.3 Å². The van der Waals surface area contributed by atoms with Crippen molar-refractivity contribution in [3.05, 3.63) is 23.7 Å². The Labute approximate surface area is 109 Å². The van der Waals surface area contributed by atoms with Crippen molar-refractivity contribution in [2.75, 3.05) is 26.7 Å². The van der Waals surface area contributed by atoms with Gasteiger partial charge in [-0.2, -0.15) is 0 Å². The molecular weight excluding hydrogens is 228 g/mol. The fourth-order valence-corrected chi connectivity index (χ4v) is 2.37. The van der Waals surface area contributed by atoms with E-state index in [0.29, 0.717) is 18.3 Å². The molecule has 1 aliphatic rings. The fraction of sp³-hybridized carbons (Fsp3) is 0.714. The molecule has 1 aliphatic heterocycles. The standard InChI is InChI=1S/C14H24N2O2/c1-11-4-5-13(18-11)14(2,17)10-15-12-6-8-16(3)9-7-12/h4-5,12,15,17H,6-10H2,1-3H3. The molecule has 1 saturated heterocycles. The third-order valence-electron chi connectivity index (χ3n) is 3.72. The zero-order valence-electron chi connectivity index (χ0n) is 11.6. The van der Waals surface area contributed by atoms with E-state index in [1.807, 2.05) is 19.1 Å². The van der Waals surface area contributed by atoms with Crippen molar-refractivity contribution >= 4 is 0 Å². The van der Waals surface area contributed by atoms with E-state index in [1.54, 1.807) is 6.92 Å². The van der Waals surface area contributed by atoms with E-state index >= 15 is 0 Å². The van der Waals surface area contributed by atoms with Gasteiger partial charge in [0.2, 0.25) is 0 Å². The highest BCUT2D eigenvalue weighted by atomic mass is 16.4. The number of aliphatic hydroxyl groups is 1. The third-order valence-corrected chi connectivity index (χ3v) is 3.72. The summed E-state index contributed by atoms with van der Waals surface area (Å²) in [5, 5.41) is 13.9. The van der Waals surface area contributed by atoms with Crippen LogP contribution in [-0.2, 0) is 5.60 Å². The number of rotatable bonds is 4. The van der Waals surface area contributed by atoms with Gasteiger partial charge in [-0.05, 0) is 59.0 Å². The highest BCUT2D eigenvalue weighted by Crippen LogP contribution is 2.22. The average molecular weight is 252 g/mol. The monoisotopic (exact) mass is 252 g/mol. The summed E-state index contributed by atoms with van der Waals surface area (Å²) >= 11 is 0. The summed E-state index contributed by atoms with van der Waals surface area (Å²) in [5.41, 5.74) is -0.933. The van der Waals surface area contributed by atoms with Crippen LogP contribution < -0.4 is 5.32 Å². The van der Waals surface area contributed by atoms with Gasteiger partial charge in [-0.1, -0.05) is 0 Å². The molecule has 1 unspecified atom stereocenters. The molecule has 1 aromatic rings. The van der Waals surface area contributed by atoms with Crippen molar-refractivity contribution < 1.29 is 9.52 Å². The van der Waals surface area contributed by atoms with Crippen LogP contribution >= 0.6 is 0 Å². The largest absolute Gasteiger partial charge is 0.463 e. The van der Waals surface area contributed by atoms with Crippen LogP contribution in [0.25, 0.3) is 0 Å². The molecule has 0 amide bonds. The van der Waals surface area contributed by atoms with Crippen LogP contribution in [0.5, 0.6) is 0 Å². The number of piperidine rings is 1. The van der Waals surface area contributed by atoms with Crippen molar-refractivity contribution in [1.82, 2.24) is 10.2 Å². The predicted molar refractivity (Wildman–Crippen MR) is 71.5 cm³/mol. The summed E-state index contributed by atoms with van der Waals surface area (Å²) in [6.45, 7) is 6.48. The Hall–Kier alpha value is -0.840. The second-order valence-corrected chi connectivity index (χ2v) is 5.64. The molecule has 0 spiro atoms. The zero-order chi connectivity index (χ0) is 13.2. The molecule has 0 aliphatic carbocycles. The van der Waals surface area contributed by atoms with E-state index in [-0.39, 0.29) is 0 Å². The number of aryl methyl sites for hydroxylation is 1. The number of furan rings is 1. The van der Waals surface area contributed by atoms with Crippen LogP contribution in [0, 0.1) is 6.92 Å². The molecule has 102 valence electrons. The van der Waals surface area contributed by atoms with Gasteiger partial charge in [0, 0.05) is 12.6 Å². The molecule has 0 bridgehead atoms. The summed E-state index contributed by atoms with van der Waals surface area (Å²) in [7, 11) is 2.15. The van der Waals surface area contributed by atoms with Gasteiger partial charge >= 0.3 is 0 Å². The molecule has 1 atom stereocenters. The van der Waals surface area contributed by atoms with E-state index in [2.05, 4.69) is 17.3 Å². The molecule has 2 N–H and O–H groups in total. The first-order valence-electron chi connectivity index (χ1n) is 6.68. The van der Waals surface area contributed by atoms with Gasteiger partial charge in [0.05, 0.1) is 0 Å². The quantitative estimate of drug-likeness (QED) is 0.852. The Bertz CT molecular complexity index is 379. The van der Waals surface area contributed by atoms with Crippen LogP contribution in [0.3, 0.4) is 0 Å². The first-order chi connectivity index (χ1) is 8.47. The molecule has 18 heavy (non-hydrogen) atoms. The summed E-state index contributed by atoms with van der Waals surface area (Å²) < 4.78 is 5.51. The average Bonchev–Trinajstić information content (AvgIpc) is 2.76. The maximum atomic E-state index is 10.4. The second kappa shape index (κ2) is 5.43. The predicted octanol–water partition coefficient (Wildman–Crippen LogP) is 1.48. The van der Waals surface area contributed by atoms with Gasteiger partial charge in [0.15, 0.2) is 0 Å². The number of nitrogens with one attached hydrogen (secondary N) is 1. The van der Waals surface area contributed by atoms with Gasteiger partial charge in [-0.25, -0.2) is 0 Å². The smallest absolute Gasteiger partial charge is 0.136 e. The van der Waals surface area contributed by atoms with Gasteiger partial charge < -0.3 is 19.7 Å². The number of hydrogen-bond donors (Lipinski definition) is 2. The fourth-order valence-electron chi connectivity index (χ4n) is 2.37. The van der Waals surface area contributed by atoms with E-state index in [0.717, 1.165) is 31.7 Å². The Balaban J connectivity index is 1.85. The van der Waals surface area contributed by atoms with E-state index < -0.39 is 5.60 Å². The lowest BCUT2D eigenvalue weighted by Crippen LogP contribution is -2.45. The first kappa shape index (κ1) is 13.6. The summed E-state index contributed by atoms with van der Waals surface area (Å²) in [5.74, 6) is 1.48. The lowest BCUT2D eigenvalue weighted by Gasteiger charge is -2.32. The maximum Gasteiger partial charge on any atom is 0.136 e. The Morgan fingerprint density at radius 1 is 1.44 bits per heavy atom. The van der Waals surface area contributed by atoms with Gasteiger partial charge in [-0.15, -0.1) is 0 Å². The third kappa shape index (κ3) is 3.34. The van der Waals surface area contributed by atoms with Crippen molar-refractivity contribution in [3.63, 3.8) is 0 Å². The maximum absolute atomic E-state index is 10.4. The van der Waals surface area contributed by atoms with Crippen LogP contribution in [0.2, 0.25) is 0 Å². The van der Waals surface area contributed by atoms with Crippen LogP contribution in [-0.4, -0.2) is 42.7 Å². The van der Waals surface area contributed by atoms with Crippen molar-refractivity contribution in [2.24, 2.45) is 0 Å². The lowest BCUT2D eigenvalue weighted by atomic mass is 10.0. The molecule has 4 nitrogen and oxygen atoms in total. The van der Waals surface area contributed by atoms with Crippen molar-refractivity contribution in [1.29, 1.82) is 0 Å². The van der Waals surface area contributed by atoms with E-state index in [1.165, 1.54) is 0 Å². The molecule has 2 heterocycles. The Kier molecular flexibility index (Phi) is 4.10. The Morgan fingerprint density at radius 3 is 2.67 bits per heavy atom. The normalized spacial score (nSPS) is 22.0. The highest BCUT2D eigenvalue weighted by Gasteiger charge is 2.28. The van der Waals surface area contributed by atoms with Gasteiger partial charge in [0.1, 0.15) is 17.1 Å². The topological polar surface area (TPSA) is 48.6 Å². The summed E-state index contributed by atoms with van der Waals surface area (Å²) in [6.07, 6.45) is 2.29. The number of hydrogen-bond acceptors (Lipinski definition) is 4. The first-order valence-corrected chi connectivity index (χ1v) is 6.68. The number of nitrogens with zero attached hydrogens (tertiary/aromatic N) is 1. The lowest BCUT2D eigenvalue weighted by molar-refractivity contribution is 0.0285. The second-order valence-electron chi connectivity index (χ2n) is 5.64. The minimum Gasteiger partial charge on any atom is -0.463 e. The molecular formula is C14H24N2O2. The molecule has 0 aromatic carbocycles. The number of likely N-dealkylation sites (tertiary alicyclic amines) is 1. The van der Waals surface area contributed by atoms with Crippen LogP contribution in [0.15, 0.2) is 16.5 Å². The molecule has 0 radical (unpaired) electrons. The van der Waals surface area contributed by atoms with Crippen molar-refractivity contribution in [2.45, 2.75) is 38.3 Å². The van der Waals surface area contributed by atoms with Gasteiger partial charge in [-0.3, -0.25) is 0 Å². The molecule has 1 aromatic heterocycles. The molecule has 0 saturated carbocycles. The van der Waals surface area contributed by atoms with Crippen molar-refractivity contribution in [3.8, 4) is 0 Å². The summed E-state index contributed by atoms with van der Waals surface area (Å²) in [6, 6.07) is 4.24. The van der Waals surface area contributed by atoms with E-state index in [9.17, 15) is 5.11 Å². The zero-order valence-corrected chi connectivity index (χ0v) is 11.6. The highest BCUT2D eigenvalue weighted by molar-refractivity contribution is 5.12. The minimum absolute atomic E-state index is 0.503. The molecule has 2 rings (SSSR count). The molecule has 1 fully saturated rings. The minimum atomic E-state index is -0.933. The SMILES string of the molecule is Cc1ccc(C(C)(O)CNC2CCN(C)CC2)o1. The summed E-state index contributed by atoms with van der Waals surface area (Å²) in [4.78, 5) is 2.34. The molecule has 4 heteroatoms. The Morgan fingerprint density at radius 2 is 2.11 bits per heavy atom. The van der Waals surface area contributed by atoms with Crippen LogP contribution in [0.4, 0.5) is 0 Å². The van der Waals surface area contributed by atoms with E-state index in [4.69, 9.17) is 4.42 Å². The van der Waals surface area contributed by atoms with Gasteiger partial charge in [0.25, 0.3) is 0 Å².